The Kier molecular flexibility index (Phi) is 5.71. The lowest BCUT2D eigenvalue weighted by Gasteiger charge is -2.19. The molecule has 1 heterocycles. The van der Waals surface area contributed by atoms with Crippen molar-refractivity contribution in [3.05, 3.63) is 0 Å². The van der Waals surface area contributed by atoms with Crippen LogP contribution in [-0.2, 0) is 23.9 Å². The average Bonchev–Trinajstić information content (AvgIpc) is 3.20. The molecule has 7 heteroatoms. The molecule has 1 aliphatic heterocycles. The quantitative estimate of drug-likeness (QED) is 0.573. The fraction of sp³-hybridized carbons (Fsp3) is 0.778. The fourth-order valence-electron chi connectivity index (χ4n) is 4.21. The zero-order chi connectivity index (χ0) is 17.8. The van der Waals surface area contributed by atoms with Gasteiger partial charge in [-0.2, -0.15) is 0 Å². The van der Waals surface area contributed by atoms with Gasteiger partial charge < -0.3 is 10.1 Å². The van der Waals surface area contributed by atoms with Crippen LogP contribution in [0.4, 0.5) is 0 Å². The highest BCUT2D eigenvalue weighted by atomic mass is 16.5. The Balaban J connectivity index is 1.39. The molecule has 3 amide bonds. The van der Waals surface area contributed by atoms with Gasteiger partial charge in [-0.05, 0) is 25.7 Å². The summed E-state index contributed by atoms with van der Waals surface area (Å²) in [6, 6.07) is 0.189. The van der Waals surface area contributed by atoms with Crippen molar-refractivity contribution < 1.29 is 23.9 Å². The van der Waals surface area contributed by atoms with Gasteiger partial charge in [0.15, 0.2) is 6.61 Å². The van der Waals surface area contributed by atoms with Crippen molar-refractivity contribution in [3.63, 3.8) is 0 Å². The zero-order valence-corrected chi connectivity index (χ0v) is 14.5. The SMILES string of the molecule is O=C(COC(=O)CCN1C(=O)[C@@H]2CCCC[C@H]2C1=O)NC1CCCC1. The molecule has 0 spiro atoms. The average molecular weight is 350 g/mol. The lowest BCUT2D eigenvalue weighted by molar-refractivity contribution is -0.150. The second-order valence-electron chi connectivity index (χ2n) is 7.29. The summed E-state index contributed by atoms with van der Waals surface area (Å²) in [5.41, 5.74) is 0. The number of fused-ring (bicyclic) bond motifs is 1. The summed E-state index contributed by atoms with van der Waals surface area (Å²) >= 11 is 0. The van der Waals surface area contributed by atoms with Crippen molar-refractivity contribution in [3.8, 4) is 0 Å². The minimum atomic E-state index is -0.558. The topological polar surface area (TPSA) is 92.8 Å². The molecule has 0 aromatic rings. The second-order valence-corrected chi connectivity index (χ2v) is 7.29. The number of hydrogen-bond acceptors (Lipinski definition) is 5. The maximum Gasteiger partial charge on any atom is 0.308 e. The fourth-order valence-corrected chi connectivity index (χ4v) is 4.21. The van der Waals surface area contributed by atoms with Crippen LogP contribution < -0.4 is 5.32 Å². The van der Waals surface area contributed by atoms with Gasteiger partial charge in [-0.3, -0.25) is 24.1 Å². The number of likely N-dealkylation sites (tertiary alicyclic amines) is 1. The van der Waals surface area contributed by atoms with Crippen LogP contribution in [0, 0.1) is 11.8 Å². The molecule has 0 unspecified atom stereocenters. The molecule has 3 rings (SSSR count). The second kappa shape index (κ2) is 7.97. The van der Waals surface area contributed by atoms with Crippen molar-refractivity contribution in [1.82, 2.24) is 10.2 Å². The lowest BCUT2D eigenvalue weighted by atomic mass is 9.81. The van der Waals surface area contributed by atoms with Gasteiger partial charge >= 0.3 is 5.97 Å². The minimum Gasteiger partial charge on any atom is -0.456 e. The Labute approximate surface area is 147 Å². The highest BCUT2D eigenvalue weighted by molar-refractivity contribution is 6.05. The summed E-state index contributed by atoms with van der Waals surface area (Å²) < 4.78 is 4.96. The van der Waals surface area contributed by atoms with Crippen LogP contribution in [0.2, 0.25) is 0 Å². The summed E-state index contributed by atoms with van der Waals surface area (Å²) in [6.45, 7) is -0.254. The van der Waals surface area contributed by atoms with E-state index in [1.165, 1.54) is 4.90 Å². The van der Waals surface area contributed by atoms with E-state index < -0.39 is 5.97 Å². The molecule has 0 radical (unpaired) electrons. The van der Waals surface area contributed by atoms with E-state index in [4.69, 9.17) is 4.74 Å². The molecule has 0 aromatic heterocycles. The van der Waals surface area contributed by atoms with E-state index in [0.717, 1.165) is 51.4 Å². The highest BCUT2D eigenvalue weighted by Crippen LogP contribution is 2.37. The van der Waals surface area contributed by atoms with Gasteiger partial charge in [0, 0.05) is 12.6 Å². The molecule has 0 bridgehead atoms. The van der Waals surface area contributed by atoms with Gasteiger partial charge in [-0.25, -0.2) is 0 Å². The van der Waals surface area contributed by atoms with Crippen molar-refractivity contribution >= 4 is 23.7 Å². The van der Waals surface area contributed by atoms with Crippen molar-refractivity contribution in [2.75, 3.05) is 13.2 Å². The van der Waals surface area contributed by atoms with Gasteiger partial charge in [-0.1, -0.05) is 25.7 Å². The van der Waals surface area contributed by atoms with Crippen molar-refractivity contribution in [1.29, 1.82) is 0 Å². The number of nitrogens with zero attached hydrogens (tertiary/aromatic N) is 1. The van der Waals surface area contributed by atoms with Crippen molar-refractivity contribution in [2.24, 2.45) is 11.8 Å². The highest BCUT2D eigenvalue weighted by Gasteiger charge is 2.47. The van der Waals surface area contributed by atoms with E-state index in [2.05, 4.69) is 5.32 Å². The molecule has 1 saturated heterocycles. The summed E-state index contributed by atoms with van der Waals surface area (Å²) in [7, 11) is 0. The summed E-state index contributed by atoms with van der Waals surface area (Å²) in [4.78, 5) is 49.4. The number of esters is 1. The largest absolute Gasteiger partial charge is 0.456 e. The van der Waals surface area contributed by atoms with E-state index in [-0.39, 0.29) is 55.2 Å². The minimum absolute atomic E-state index is 0.0493. The van der Waals surface area contributed by atoms with Crippen LogP contribution in [0.3, 0.4) is 0 Å². The number of ether oxygens (including phenoxy) is 1. The Bertz CT molecular complexity index is 532. The Morgan fingerprint density at radius 3 is 2.12 bits per heavy atom. The van der Waals surface area contributed by atoms with Crippen LogP contribution in [0.1, 0.15) is 57.8 Å². The third kappa shape index (κ3) is 4.19. The van der Waals surface area contributed by atoms with E-state index in [0.29, 0.717) is 0 Å². The number of rotatable bonds is 6. The Morgan fingerprint density at radius 1 is 0.960 bits per heavy atom. The van der Waals surface area contributed by atoms with Gasteiger partial charge in [0.25, 0.3) is 5.91 Å². The number of carbonyl (C=O) groups excluding carboxylic acids is 4. The van der Waals surface area contributed by atoms with Crippen LogP contribution in [0.5, 0.6) is 0 Å². The molecular formula is C18H26N2O5. The van der Waals surface area contributed by atoms with Gasteiger partial charge in [0.05, 0.1) is 18.3 Å². The summed E-state index contributed by atoms with van der Waals surface area (Å²) in [5, 5.41) is 2.84. The van der Waals surface area contributed by atoms with E-state index >= 15 is 0 Å². The number of hydrogen-bond donors (Lipinski definition) is 1. The third-order valence-electron chi connectivity index (χ3n) is 5.56. The Hall–Kier alpha value is -1.92. The predicted molar refractivity (Wildman–Crippen MR) is 88.1 cm³/mol. The zero-order valence-electron chi connectivity index (χ0n) is 14.5. The molecule has 138 valence electrons. The molecule has 25 heavy (non-hydrogen) atoms. The van der Waals surface area contributed by atoms with Crippen LogP contribution >= 0.6 is 0 Å². The first-order valence-electron chi connectivity index (χ1n) is 9.36. The normalized spacial score (nSPS) is 26.6. The van der Waals surface area contributed by atoms with E-state index in [9.17, 15) is 19.2 Å². The number of imide groups is 1. The molecule has 3 fully saturated rings. The van der Waals surface area contributed by atoms with E-state index in [1.54, 1.807) is 0 Å². The predicted octanol–water partition coefficient (Wildman–Crippen LogP) is 1.15. The molecule has 7 nitrogen and oxygen atoms in total. The smallest absolute Gasteiger partial charge is 0.308 e. The first kappa shape index (κ1) is 17.9. The van der Waals surface area contributed by atoms with Crippen LogP contribution in [0.15, 0.2) is 0 Å². The monoisotopic (exact) mass is 350 g/mol. The van der Waals surface area contributed by atoms with Crippen LogP contribution in [-0.4, -0.2) is 47.8 Å². The van der Waals surface area contributed by atoms with Gasteiger partial charge in [0.2, 0.25) is 11.8 Å². The van der Waals surface area contributed by atoms with Crippen LogP contribution in [0.25, 0.3) is 0 Å². The molecule has 3 aliphatic rings. The molecule has 1 N–H and O–H groups in total. The van der Waals surface area contributed by atoms with E-state index in [1.807, 2.05) is 0 Å². The first-order chi connectivity index (χ1) is 12.1. The van der Waals surface area contributed by atoms with Crippen molar-refractivity contribution in [2.45, 2.75) is 63.8 Å². The molecule has 2 saturated carbocycles. The van der Waals surface area contributed by atoms with Gasteiger partial charge in [-0.15, -0.1) is 0 Å². The summed E-state index contributed by atoms with van der Waals surface area (Å²) in [5.74, 6) is -1.55. The lowest BCUT2D eigenvalue weighted by Crippen LogP contribution is -2.36. The maximum atomic E-state index is 12.3. The number of amides is 3. The molecule has 2 aliphatic carbocycles. The number of carbonyl (C=O) groups is 4. The number of nitrogens with one attached hydrogen (secondary N) is 1. The first-order valence-corrected chi connectivity index (χ1v) is 9.36. The maximum absolute atomic E-state index is 12.3. The third-order valence-corrected chi connectivity index (χ3v) is 5.56. The molecular weight excluding hydrogens is 324 g/mol. The molecule has 0 aromatic carbocycles. The molecule has 2 atom stereocenters. The Morgan fingerprint density at radius 2 is 1.52 bits per heavy atom. The van der Waals surface area contributed by atoms with Gasteiger partial charge in [0.1, 0.15) is 0 Å². The summed E-state index contributed by atoms with van der Waals surface area (Å²) in [6.07, 6.45) is 7.60. The standard InChI is InChI=1S/C18H26N2O5/c21-15(19-12-5-1-2-6-12)11-25-16(22)9-10-20-17(23)13-7-3-4-8-14(13)18(20)24/h12-14H,1-11H2,(H,19,21)/t13-,14-/m1/s1.